The van der Waals surface area contributed by atoms with Crippen molar-refractivity contribution < 1.29 is 17.8 Å². The summed E-state index contributed by atoms with van der Waals surface area (Å²) in [5.74, 6) is -1.94. The lowest BCUT2D eigenvalue weighted by Gasteiger charge is -2.25. The molecular weight excluding hydrogens is 298 g/mol. The third-order valence-corrected chi connectivity index (χ3v) is 5.05. The molecule has 1 N–H and O–H groups in total. The van der Waals surface area contributed by atoms with E-state index in [-0.39, 0.29) is 17.7 Å². The van der Waals surface area contributed by atoms with E-state index in [0.717, 1.165) is 12.1 Å². The van der Waals surface area contributed by atoms with E-state index in [9.17, 15) is 17.8 Å². The van der Waals surface area contributed by atoms with Gasteiger partial charge >= 0.3 is 0 Å². The maximum absolute atomic E-state index is 13.3. The molecule has 3 atom stereocenters. The van der Waals surface area contributed by atoms with Gasteiger partial charge in [0, 0.05) is 28.9 Å². The number of carbonyl (C=O) groups excluding carboxylic acids is 1. The molecule has 2 rings (SSSR count). The zero-order chi connectivity index (χ0) is 15.6. The number of rotatable bonds is 5. The number of amides is 1. The first-order chi connectivity index (χ1) is 9.90. The van der Waals surface area contributed by atoms with Crippen LogP contribution in [0.15, 0.2) is 18.2 Å². The molecule has 1 amide bonds. The van der Waals surface area contributed by atoms with E-state index >= 15 is 0 Å². The van der Waals surface area contributed by atoms with Crippen molar-refractivity contribution in [3.8, 4) is 0 Å². The predicted octanol–water partition coefficient (Wildman–Crippen LogP) is 1.55. The van der Waals surface area contributed by atoms with Crippen molar-refractivity contribution in [1.82, 2.24) is 10.2 Å². The Bertz CT molecular complexity index is 568. The monoisotopic (exact) mass is 316 g/mol. The Kier molecular flexibility index (Phi) is 5.05. The second kappa shape index (κ2) is 6.62. The maximum Gasteiger partial charge on any atom is 0.238 e. The van der Waals surface area contributed by atoms with Crippen molar-refractivity contribution in [2.75, 3.05) is 19.3 Å². The zero-order valence-corrected chi connectivity index (χ0v) is 12.8. The molecule has 1 aliphatic rings. The van der Waals surface area contributed by atoms with Gasteiger partial charge in [0.2, 0.25) is 5.91 Å². The van der Waals surface area contributed by atoms with Crippen molar-refractivity contribution in [1.29, 1.82) is 0 Å². The van der Waals surface area contributed by atoms with Crippen LogP contribution in [0.2, 0.25) is 0 Å². The minimum atomic E-state index is -0.952. The van der Waals surface area contributed by atoms with E-state index in [1.807, 2.05) is 6.92 Å². The zero-order valence-electron chi connectivity index (χ0n) is 11.9. The summed E-state index contributed by atoms with van der Waals surface area (Å²) in [5.41, 5.74) is 0.505. The van der Waals surface area contributed by atoms with Crippen LogP contribution in [0.5, 0.6) is 0 Å². The quantitative estimate of drug-likeness (QED) is 0.897. The van der Waals surface area contributed by atoms with Crippen molar-refractivity contribution in [2.24, 2.45) is 0 Å². The van der Waals surface area contributed by atoms with Gasteiger partial charge in [-0.05, 0) is 24.1 Å². The average molecular weight is 316 g/mol. The summed E-state index contributed by atoms with van der Waals surface area (Å²) in [7, 11) is -0.952. The van der Waals surface area contributed by atoms with Crippen molar-refractivity contribution in [2.45, 2.75) is 24.8 Å². The Hall–Kier alpha value is -1.34. The molecule has 0 aliphatic carbocycles. The summed E-state index contributed by atoms with van der Waals surface area (Å²) >= 11 is 0. The number of benzene rings is 1. The molecule has 0 spiro atoms. The highest BCUT2D eigenvalue weighted by Gasteiger charge is 2.32. The average Bonchev–Trinajstić information content (AvgIpc) is 2.80. The molecule has 1 saturated heterocycles. The van der Waals surface area contributed by atoms with Crippen molar-refractivity contribution >= 4 is 16.7 Å². The molecule has 4 nitrogen and oxygen atoms in total. The van der Waals surface area contributed by atoms with Crippen LogP contribution in [0.3, 0.4) is 0 Å². The number of hydrogen-bond donors (Lipinski definition) is 1. The van der Waals surface area contributed by atoms with Gasteiger partial charge in [-0.3, -0.25) is 14.3 Å². The third kappa shape index (κ3) is 3.65. The molecule has 1 aromatic carbocycles. The van der Waals surface area contributed by atoms with Gasteiger partial charge in [0.25, 0.3) is 0 Å². The van der Waals surface area contributed by atoms with Crippen LogP contribution >= 0.6 is 0 Å². The largest absolute Gasteiger partial charge is 0.322 e. The summed E-state index contributed by atoms with van der Waals surface area (Å²) < 4.78 is 37.7. The Labute approximate surface area is 125 Å². The molecule has 1 aromatic rings. The molecule has 0 saturated carbocycles. The Morgan fingerprint density at radius 3 is 2.76 bits per heavy atom. The van der Waals surface area contributed by atoms with Crippen LogP contribution < -0.4 is 5.32 Å². The fraction of sp³-hybridized carbons (Fsp3) is 0.500. The predicted molar refractivity (Wildman–Crippen MR) is 77.0 cm³/mol. The number of carbonyl (C=O) groups is 1. The van der Waals surface area contributed by atoms with Crippen LogP contribution in [0, 0.1) is 11.6 Å². The van der Waals surface area contributed by atoms with Gasteiger partial charge in [-0.1, -0.05) is 13.0 Å². The van der Waals surface area contributed by atoms with Crippen LogP contribution in [0.4, 0.5) is 8.78 Å². The van der Waals surface area contributed by atoms with Gasteiger partial charge in [0.05, 0.1) is 6.54 Å². The van der Waals surface area contributed by atoms with E-state index in [4.69, 9.17) is 0 Å². The van der Waals surface area contributed by atoms with E-state index in [2.05, 4.69) is 5.32 Å². The second-order valence-corrected chi connectivity index (χ2v) is 6.94. The summed E-state index contributed by atoms with van der Waals surface area (Å²) in [6.45, 7) is 2.44. The highest BCUT2D eigenvalue weighted by Crippen LogP contribution is 2.24. The van der Waals surface area contributed by atoms with E-state index in [1.54, 1.807) is 11.2 Å². The van der Waals surface area contributed by atoms with Gasteiger partial charge in [-0.15, -0.1) is 0 Å². The molecule has 3 unspecified atom stereocenters. The van der Waals surface area contributed by atoms with Crippen molar-refractivity contribution in [3.63, 3.8) is 0 Å². The number of nitrogens with one attached hydrogen (secondary N) is 1. The minimum absolute atomic E-state index is 0.0241. The van der Waals surface area contributed by atoms with Crippen LogP contribution in [-0.2, 0) is 15.6 Å². The van der Waals surface area contributed by atoms with E-state index in [0.29, 0.717) is 18.5 Å². The van der Waals surface area contributed by atoms with Crippen LogP contribution in [0.1, 0.15) is 25.1 Å². The molecule has 1 aliphatic heterocycles. The third-order valence-electron chi connectivity index (χ3n) is 3.68. The first-order valence-corrected chi connectivity index (χ1v) is 8.32. The Morgan fingerprint density at radius 1 is 1.43 bits per heavy atom. The van der Waals surface area contributed by atoms with Gasteiger partial charge < -0.3 is 4.90 Å². The van der Waals surface area contributed by atoms with Gasteiger partial charge in [-0.25, -0.2) is 8.78 Å². The molecule has 116 valence electrons. The number of hydrogen-bond acceptors (Lipinski definition) is 3. The highest BCUT2D eigenvalue weighted by molar-refractivity contribution is 7.84. The lowest BCUT2D eigenvalue weighted by atomic mass is 10.1. The minimum Gasteiger partial charge on any atom is -0.322 e. The number of halogens is 2. The van der Waals surface area contributed by atoms with Gasteiger partial charge in [-0.2, -0.15) is 0 Å². The molecule has 0 radical (unpaired) electrons. The van der Waals surface area contributed by atoms with Crippen LogP contribution in [-0.4, -0.2) is 39.6 Å². The first kappa shape index (κ1) is 16.0. The Balaban J connectivity index is 2.12. The SMILES string of the molecule is CC(CCN1C(=O)CNC1c1ccc(F)c(F)c1)S(C)=O. The molecule has 7 heteroatoms. The second-order valence-electron chi connectivity index (χ2n) is 5.14. The standard InChI is InChI=1S/C14H18F2N2O2S/c1-9(21(2)20)5-6-18-13(19)8-17-14(18)10-3-4-11(15)12(16)7-10/h3-4,7,9,14,17H,5-6,8H2,1-2H3. The van der Waals surface area contributed by atoms with Crippen molar-refractivity contribution in [3.05, 3.63) is 35.4 Å². The number of nitrogens with zero attached hydrogens (tertiary/aromatic N) is 1. The summed E-state index contributed by atoms with van der Waals surface area (Å²) in [6, 6.07) is 3.61. The van der Waals surface area contributed by atoms with E-state index < -0.39 is 28.6 Å². The topological polar surface area (TPSA) is 49.4 Å². The molecule has 21 heavy (non-hydrogen) atoms. The smallest absolute Gasteiger partial charge is 0.238 e. The molecule has 1 fully saturated rings. The van der Waals surface area contributed by atoms with Gasteiger partial charge in [0.15, 0.2) is 11.6 Å². The highest BCUT2D eigenvalue weighted by atomic mass is 32.2. The summed E-state index contributed by atoms with van der Waals surface area (Å²) in [6.07, 6.45) is 1.75. The van der Waals surface area contributed by atoms with Gasteiger partial charge in [0.1, 0.15) is 6.17 Å². The fourth-order valence-electron chi connectivity index (χ4n) is 2.26. The first-order valence-electron chi connectivity index (χ1n) is 6.70. The molecule has 0 aromatic heterocycles. The fourth-order valence-corrected chi connectivity index (χ4v) is 2.70. The summed E-state index contributed by atoms with van der Waals surface area (Å²) in [4.78, 5) is 13.5. The maximum atomic E-state index is 13.3. The lowest BCUT2D eigenvalue weighted by molar-refractivity contribution is -0.128. The van der Waals surface area contributed by atoms with E-state index in [1.165, 1.54) is 6.07 Å². The van der Waals surface area contributed by atoms with Crippen LogP contribution in [0.25, 0.3) is 0 Å². The molecule has 0 bridgehead atoms. The molecular formula is C14H18F2N2O2S. The normalized spacial score (nSPS) is 21.6. The lowest BCUT2D eigenvalue weighted by Crippen LogP contribution is -2.33. The Morgan fingerprint density at radius 2 is 2.14 bits per heavy atom. The summed E-state index contributed by atoms with van der Waals surface area (Å²) in [5, 5.41) is 2.96. The molecule has 1 heterocycles.